The Morgan fingerprint density at radius 3 is 2.58 bits per heavy atom. The van der Waals surface area contributed by atoms with Crippen LogP contribution >= 0.6 is 11.3 Å². The third kappa shape index (κ3) is 3.83. The second-order valence-corrected chi connectivity index (χ2v) is 6.00. The highest BCUT2D eigenvalue weighted by atomic mass is 32.1. The fourth-order valence-electron chi connectivity index (χ4n) is 1.73. The van der Waals surface area contributed by atoms with E-state index in [0.29, 0.717) is 12.5 Å². The third-order valence-electron chi connectivity index (χ3n) is 2.88. The second-order valence-electron chi connectivity index (χ2n) is 5.05. The molecule has 0 unspecified atom stereocenters. The van der Waals surface area contributed by atoms with Crippen molar-refractivity contribution in [1.29, 1.82) is 0 Å². The molecule has 0 spiro atoms. The Balaban J connectivity index is 1.98. The van der Waals surface area contributed by atoms with Gasteiger partial charge in [0.2, 0.25) is 0 Å². The highest BCUT2D eigenvalue weighted by Crippen LogP contribution is 2.27. The number of nitrogens with two attached hydrogens (primary N) is 1. The Morgan fingerprint density at radius 2 is 1.95 bits per heavy atom. The van der Waals surface area contributed by atoms with E-state index in [9.17, 15) is 0 Å². The zero-order valence-electron chi connectivity index (χ0n) is 11.3. The first-order valence-electron chi connectivity index (χ1n) is 6.24. The topological polar surface area (TPSA) is 50.4 Å². The van der Waals surface area contributed by atoms with Crippen LogP contribution in [0.25, 0.3) is 0 Å². The maximum atomic E-state index is 5.91. The van der Waals surface area contributed by atoms with Crippen LogP contribution < -0.4 is 11.1 Å². The summed E-state index contributed by atoms with van der Waals surface area (Å²) in [5.74, 6) is 0.454. The Hall–Kier alpha value is -1.81. The average molecular weight is 273 g/mol. The van der Waals surface area contributed by atoms with Crippen molar-refractivity contribution in [2.75, 3.05) is 11.9 Å². The molecule has 4 heteroatoms. The summed E-state index contributed by atoms with van der Waals surface area (Å²) in [5.41, 5.74) is 6.88. The van der Waals surface area contributed by atoms with E-state index in [0.717, 1.165) is 5.69 Å². The largest absolute Gasteiger partial charge is 0.370 e. The minimum atomic E-state index is 0.0111. The smallest absolute Gasteiger partial charge is 0.193 e. The number of hydrogen-bond donors (Lipinski definition) is 2. The van der Waals surface area contributed by atoms with E-state index < -0.39 is 0 Å². The van der Waals surface area contributed by atoms with Gasteiger partial charge >= 0.3 is 0 Å². The molecular formula is C15H19N3S. The van der Waals surface area contributed by atoms with E-state index in [2.05, 4.69) is 41.7 Å². The first-order chi connectivity index (χ1) is 9.08. The average Bonchev–Trinajstić information content (AvgIpc) is 2.92. The summed E-state index contributed by atoms with van der Waals surface area (Å²) in [6, 6.07) is 14.0. The number of nitrogens with one attached hydrogen (secondary N) is 1. The molecule has 1 heterocycles. The van der Waals surface area contributed by atoms with Gasteiger partial charge in [-0.3, -0.25) is 4.99 Å². The number of rotatable bonds is 4. The predicted molar refractivity (Wildman–Crippen MR) is 83.9 cm³/mol. The van der Waals surface area contributed by atoms with E-state index in [1.54, 1.807) is 11.3 Å². The Kier molecular flexibility index (Phi) is 4.22. The first kappa shape index (κ1) is 13.6. The number of anilines is 1. The van der Waals surface area contributed by atoms with Crippen molar-refractivity contribution in [2.45, 2.75) is 19.3 Å². The monoisotopic (exact) mass is 273 g/mol. The van der Waals surface area contributed by atoms with Gasteiger partial charge in [-0.15, -0.1) is 11.3 Å². The molecule has 3 nitrogen and oxygen atoms in total. The molecule has 1 aromatic carbocycles. The lowest BCUT2D eigenvalue weighted by molar-refractivity contribution is 0.551. The molecule has 0 amide bonds. The van der Waals surface area contributed by atoms with Crippen molar-refractivity contribution >= 4 is 23.0 Å². The lowest BCUT2D eigenvalue weighted by Crippen LogP contribution is -2.27. The van der Waals surface area contributed by atoms with Crippen molar-refractivity contribution in [3.05, 3.63) is 52.7 Å². The van der Waals surface area contributed by atoms with Crippen molar-refractivity contribution in [3.63, 3.8) is 0 Å². The predicted octanol–water partition coefficient (Wildman–Crippen LogP) is 3.45. The first-order valence-corrected chi connectivity index (χ1v) is 7.12. The number of thiophene rings is 1. The van der Waals surface area contributed by atoms with Gasteiger partial charge in [-0.05, 0) is 23.6 Å². The lowest BCUT2D eigenvalue weighted by atomic mass is 9.92. The Morgan fingerprint density at radius 1 is 1.21 bits per heavy atom. The second kappa shape index (κ2) is 5.89. The molecule has 2 rings (SSSR count). The fraction of sp³-hybridized carbons (Fsp3) is 0.267. The van der Waals surface area contributed by atoms with Crippen LogP contribution in [0.15, 0.2) is 52.8 Å². The Labute approximate surface area is 118 Å². The van der Waals surface area contributed by atoms with Crippen LogP contribution in [0.3, 0.4) is 0 Å². The summed E-state index contributed by atoms with van der Waals surface area (Å²) in [6.45, 7) is 5.02. The van der Waals surface area contributed by atoms with Gasteiger partial charge in [-0.25, -0.2) is 0 Å². The molecule has 1 aromatic heterocycles. The lowest BCUT2D eigenvalue weighted by Gasteiger charge is -2.21. The summed E-state index contributed by atoms with van der Waals surface area (Å²) >= 11 is 1.76. The van der Waals surface area contributed by atoms with E-state index in [-0.39, 0.29) is 5.41 Å². The number of guanidine groups is 1. The van der Waals surface area contributed by atoms with Crippen LogP contribution in [-0.4, -0.2) is 12.5 Å². The molecule has 2 aromatic rings. The highest BCUT2D eigenvalue weighted by molar-refractivity contribution is 7.10. The molecule has 0 atom stereocenters. The molecule has 0 aliphatic rings. The van der Waals surface area contributed by atoms with Crippen LogP contribution in [-0.2, 0) is 5.41 Å². The van der Waals surface area contributed by atoms with Gasteiger partial charge in [-0.1, -0.05) is 38.1 Å². The normalized spacial score (nSPS) is 12.4. The molecule has 0 bridgehead atoms. The molecule has 100 valence electrons. The van der Waals surface area contributed by atoms with Crippen molar-refractivity contribution in [2.24, 2.45) is 10.7 Å². The molecule has 0 fully saturated rings. The van der Waals surface area contributed by atoms with Gasteiger partial charge in [0, 0.05) is 16.0 Å². The van der Waals surface area contributed by atoms with Crippen LogP contribution in [0, 0.1) is 0 Å². The summed E-state index contributed by atoms with van der Waals surface area (Å²) < 4.78 is 0. The van der Waals surface area contributed by atoms with Gasteiger partial charge in [0.25, 0.3) is 0 Å². The fourth-order valence-corrected chi connectivity index (χ4v) is 2.58. The molecular weight excluding hydrogens is 254 g/mol. The molecule has 0 saturated heterocycles. The maximum absolute atomic E-state index is 5.91. The number of benzene rings is 1. The van der Waals surface area contributed by atoms with Crippen molar-refractivity contribution < 1.29 is 0 Å². The summed E-state index contributed by atoms with van der Waals surface area (Å²) in [5, 5.41) is 5.18. The zero-order chi connectivity index (χ0) is 13.7. The summed E-state index contributed by atoms with van der Waals surface area (Å²) in [4.78, 5) is 5.76. The maximum Gasteiger partial charge on any atom is 0.193 e. The van der Waals surface area contributed by atoms with Gasteiger partial charge in [-0.2, -0.15) is 0 Å². The number of hydrogen-bond acceptors (Lipinski definition) is 2. The minimum absolute atomic E-state index is 0.0111. The molecule has 0 aliphatic heterocycles. The Bertz CT molecular complexity index is 530. The number of aliphatic imine (C=N–C) groups is 1. The molecule has 3 N–H and O–H groups in total. The van der Waals surface area contributed by atoms with Crippen LogP contribution in [0.2, 0.25) is 0 Å². The molecule has 0 saturated carbocycles. The SMILES string of the molecule is CC(C)(CN=C(N)Nc1ccccc1)c1cccs1. The van der Waals surface area contributed by atoms with Gasteiger partial charge in [0.05, 0.1) is 6.54 Å². The summed E-state index contributed by atoms with van der Waals surface area (Å²) in [7, 11) is 0. The van der Waals surface area contributed by atoms with E-state index in [1.807, 2.05) is 30.3 Å². The van der Waals surface area contributed by atoms with E-state index in [4.69, 9.17) is 5.73 Å². The van der Waals surface area contributed by atoms with Crippen molar-refractivity contribution in [1.82, 2.24) is 0 Å². The van der Waals surface area contributed by atoms with Crippen LogP contribution in [0.4, 0.5) is 5.69 Å². The van der Waals surface area contributed by atoms with Crippen LogP contribution in [0.5, 0.6) is 0 Å². The number of nitrogens with zero attached hydrogens (tertiary/aromatic N) is 1. The standard InChI is InChI=1S/C15H19N3S/c1-15(2,13-9-6-10-19-13)11-17-14(16)18-12-7-4-3-5-8-12/h3-10H,11H2,1-2H3,(H3,16,17,18). The van der Waals surface area contributed by atoms with Gasteiger partial charge in [0.1, 0.15) is 0 Å². The minimum Gasteiger partial charge on any atom is -0.370 e. The van der Waals surface area contributed by atoms with Gasteiger partial charge in [0.15, 0.2) is 5.96 Å². The molecule has 19 heavy (non-hydrogen) atoms. The quantitative estimate of drug-likeness (QED) is 0.662. The van der Waals surface area contributed by atoms with Crippen molar-refractivity contribution in [3.8, 4) is 0 Å². The molecule has 0 radical (unpaired) electrons. The van der Waals surface area contributed by atoms with Gasteiger partial charge < -0.3 is 11.1 Å². The third-order valence-corrected chi connectivity index (χ3v) is 4.11. The van der Waals surface area contributed by atoms with Crippen LogP contribution in [0.1, 0.15) is 18.7 Å². The van der Waals surface area contributed by atoms with E-state index in [1.165, 1.54) is 4.88 Å². The summed E-state index contributed by atoms with van der Waals surface area (Å²) in [6.07, 6.45) is 0. The number of para-hydroxylation sites is 1. The van der Waals surface area contributed by atoms with E-state index >= 15 is 0 Å². The zero-order valence-corrected chi connectivity index (χ0v) is 12.1. The highest BCUT2D eigenvalue weighted by Gasteiger charge is 2.21. The molecule has 0 aliphatic carbocycles.